The number of piperidine rings is 1. The maximum Gasteiger partial charge on any atom is 0.142 e. The van der Waals surface area contributed by atoms with Crippen LogP contribution in [-0.2, 0) is 12.1 Å². The van der Waals surface area contributed by atoms with Gasteiger partial charge in [-0.1, -0.05) is 17.7 Å². The number of β-amino-alcohol motifs (C(OH)–C–C–N with tert-alkyl or cyclic N) is 1. The summed E-state index contributed by atoms with van der Waals surface area (Å²) < 4.78 is 13.5. The standard InChI is InChI=1S/C14H16ClFN4O/c15-11-3-2-10(6-12(11)16)8-20-5-1-4-14(21,9-20)13-7-17-19-18-13/h2-3,6-7,21H,1,4-5,8-9H2,(H,17,18,19)/t14-/m1/s1. The first-order valence-corrected chi connectivity index (χ1v) is 7.19. The lowest BCUT2D eigenvalue weighted by molar-refractivity contribution is -0.0414. The smallest absolute Gasteiger partial charge is 0.142 e. The molecule has 2 heterocycles. The van der Waals surface area contributed by atoms with E-state index < -0.39 is 11.4 Å². The molecule has 3 rings (SSSR count). The van der Waals surface area contributed by atoms with Crippen LogP contribution in [0.25, 0.3) is 0 Å². The summed E-state index contributed by atoms with van der Waals surface area (Å²) in [7, 11) is 0. The number of rotatable bonds is 3. The molecular formula is C14H16ClFN4O. The number of aromatic nitrogens is 3. The van der Waals surface area contributed by atoms with Crippen molar-refractivity contribution in [3.8, 4) is 0 Å². The molecule has 1 saturated heterocycles. The molecule has 1 aliphatic heterocycles. The Morgan fingerprint density at radius 1 is 1.48 bits per heavy atom. The van der Waals surface area contributed by atoms with Crippen molar-refractivity contribution in [2.75, 3.05) is 13.1 Å². The number of aliphatic hydroxyl groups is 1. The number of nitrogens with zero attached hydrogens (tertiary/aromatic N) is 3. The van der Waals surface area contributed by atoms with Gasteiger partial charge in [-0.15, -0.1) is 0 Å². The quantitative estimate of drug-likeness (QED) is 0.911. The molecule has 7 heteroatoms. The average Bonchev–Trinajstić information content (AvgIpc) is 2.98. The van der Waals surface area contributed by atoms with Crippen LogP contribution < -0.4 is 0 Å². The molecule has 112 valence electrons. The van der Waals surface area contributed by atoms with Gasteiger partial charge in [0.05, 0.1) is 11.2 Å². The number of hydrogen-bond acceptors (Lipinski definition) is 4. The number of nitrogens with one attached hydrogen (secondary N) is 1. The Kier molecular flexibility index (Phi) is 3.93. The zero-order valence-corrected chi connectivity index (χ0v) is 12.1. The molecule has 5 nitrogen and oxygen atoms in total. The van der Waals surface area contributed by atoms with Crippen molar-refractivity contribution in [2.45, 2.75) is 25.0 Å². The van der Waals surface area contributed by atoms with E-state index in [0.29, 0.717) is 25.2 Å². The van der Waals surface area contributed by atoms with Gasteiger partial charge >= 0.3 is 0 Å². The minimum atomic E-state index is -1.00. The second-order valence-corrected chi connectivity index (χ2v) is 5.86. The second-order valence-electron chi connectivity index (χ2n) is 5.45. The Morgan fingerprint density at radius 3 is 3.05 bits per heavy atom. The molecule has 0 radical (unpaired) electrons. The van der Waals surface area contributed by atoms with Crippen molar-refractivity contribution in [3.63, 3.8) is 0 Å². The maximum absolute atomic E-state index is 13.5. The van der Waals surface area contributed by atoms with Crippen molar-refractivity contribution < 1.29 is 9.50 Å². The van der Waals surface area contributed by atoms with E-state index in [1.54, 1.807) is 18.3 Å². The van der Waals surface area contributed by atoms with Gasteiger partial charge in [0.15, 0.2) is 0 Å². The van der Waals surface area contributed by atoms with Gasteiger partial charge in [0, 0.05) is 13.1 Å². The van der Waals surface area contributed by atoms with Crippen molar-refractivity contribution in [1.29, 1.82) is 0 Å². The van der Waals surface area contributed by atoms with E-state index in [-0.39, 0.29) is 5.02 Å². The summed E-state index contributed by atoms with van der Waals surface area (Å²) in [6.45, 7) is 1.86. The highest BCUT2D eigenvalue weighted by Crippen LogP contribution is 2.30. The van der Waals surface area contributed by atoms with Gasteiger partial charge in [-0.25, -0.2) is 4.39 Å². The van der Waals surface area contributed by atoms with Crippen LogP contribution >= 0.6 is 11.6 Å². The number of H-pyrrole nitrogens is 1. The van der Waals surface area contributed by atoms with Gasteiger partial charge in [-0.05, 0) is 37.1 Å². The molecule has 0 unspecified atom stereocenters. The molecule has 2 N–H and O–H groups in total. The zero-order chi connectivity index (χ0) is 14.9. The molecule has 1 aromatic heterocycles. The van der Waals surface area contributed by atoms with Crippen LogP contribution in [0.15, 0.2) is 24.4 Å². The lowest BCUT2D eigenvalue weighted by atomic mass is 9.90. The first-order valence-electron chi connectivity index (χ1n) is 6.82. The number of aromatic amines is 1. The molecule has 21 heavy (non-hydrogen) atoms. The van der Waals surface area contributed by atoms with Gasteiger partial charge in [-0.2, -0.15) is 15.4 Å². The molecule has 1 fully saturated rings. The Labute approximate surface area is 126 Å². The van der Waals surface area contributed by atoms with E-state index >= 15 is 0 Å². The van der Waals surface area contributed by atoms with Gasteiger partial charge in [-0.3, -0.25) is 4.90 Å². The SMILES string of the molecule is O[C@]1(c2cn[nH]n2)CCCN(Cc2ccc(Cl)c(F)c2)C1. The van der Waals surface area contributed by atoms with Gasteiger partial charge < -0.3 is 5.11 Å². The normalized spacial score (nSPS) is 23.4. The molecule has 1 atom stereocenters. The maximum atomic E-state index is 13.5. The van der Waals surface area contributed by atoms with E-state index in [9.17, 15) is 9.50 Å². The van der Waals surface area contributed by atoms with E-state index in [0.717, 1.165) is 18.5 Å². The Balaban J connectivity index is 1.73. The summed E-state index contributed by atoms with van der Waals surface area (Å²) in [5, 5.41) is 21.1. The highest BCUT2D eigenvalue weighted by atomic mass is 35.5. The van der Waals surface area contributed by atoms with Crippen molar-refractivity contribution in [2.24, 2.45) is 0 Å². The Hall–Kier alpha value is -1.50. The third-order valence-electron chi connectivity index (χ3n) is 3.83. The average molecular weight is 311 g/mol. The highest BCUT2D eigenvalue weighted by molar-refractivity contribution is 6.30. The summed E-state index contributed by atoms with van der Waals surface area (Å²) >= 11 is 5.69. The predicted octanol–water partition coefficient (Wildman–Crippen LogP) is 2.08. The van der Waals surface area contributed by atoms with E-state index in [1.807, 2.05) is 0 Å². The molecule has 2 aromatic rings. The van der Waals surface area contributed by atoms with E-state index in [1.165, 1.54) is 6.07 Å². The molecule has 0 bridgehead atoms. The minimum absolute atomic E-state index is 0.122. The fourth-order valence-corrected chi connectivity index (χ4v) is 2.91. The summed E-state index contributed by atoms with van der Waals surface area (Å²) in [6, 6.07) is 4.79. The molecule has 0 spiro atoms. The predicted molar refractivity (Wildman–Crippen MR) is 76.2 cm³/mol. The lowest BCUT2D eigenvalue weighted by Crippen LogP contribution is -2.45. The first kappa shape index (κ1) is 14.4. The zero-order valence-electron chi connectivity index (χ0n) is 11.4. The molecule has 0 saturated carbocycles. The van der Waals surface area contributed by atoms with E-state index in [2.05, 4.69) is 20.3 Å². The van der Waals surface area contributed by atoms with Crippen LogP contribution in [0.1, 0.15) is 24.1 Å². The summed E-state index contributed by atoms with van der Waals surface area (Å²) in [4.78, 5) is 2.08. The van der Waals surface area contributed by atoms with Crippen LogP contribution in [0, 0.1) is 5.82 Å². The fourth-order valence-electron chi connectivity index (χ4n) is 2.79. The van der Waals surface area contributed by atoms with E-state index in [4.69, 9.17) is 11.6 Å². The molecule has 1 aliphatic rings. The number of benzene rings is 1. The van der Waals surface area contributed by atoms with Crippen molar-refractivity contribution in [3.05, 3.63) is 46.5 Å². The third-order valence-corrected chi connectivity index (χ3v) is 4.14. The first-order chi connectivity index (χ1) is 10.1. The van der Waals surface area contributed by atoms with Crippen LogP contribution in [0.3, 0.4) is 0 Å². The molecule has 1 aromatic carbocycles. The van der Waals surface area contributed by atoms with Gasteiger partial charge in [0.25, 0.3) is 0 Å². The number of halogens is 2. The molecule has 0 amide bonds. The number of likely N-dealkylation sites (tertiary alicyclic amines) is 1. The lowest BCUT2D eigenvalue weighted by Gasteiger charge is -2.38. The van der Waals surface area contributed by atoms with Crippen LogP contribution in [0.4, 0.5) is 4.39 Å². The third kappa shape index (κ3) is 3.07. The minimum Gasteiger partial charge on any atom is -0.382 e. The fraction of sp³-hybridized carbons (Fsp3) is 0.429. The van der Waals surface area contributed by atoms with Crippen LogP contribution in [0.5, 0.6) is 0 Å². The number of hydrogen-bond donors (Lipinski definition) is 2. The van der Waals surface area contributed by atoms with Gasteiger partial charge in [0.1, 0.15) is 17.1 Å². The topological polar surface area (TPSA) is 65.0 Å². The van der Waals surface area contributed by atoms with Crippen LogP contribution in [-0.4, -0.2) is 38.5 Å². The van der Waals surface area contributed by atoms with Crippen LogP contribution in [0.2, 0.25) is 5.02 Å². The highest BCUT2D eigenvalue weighted by Gasteiger charge is 2.37. The molecule has 0 aliphatic carbocycles. The summed E-state index contributed by atoms with van der Waals surface area (Å²) in [6.07, 6.45) is 3.04. The second kappa shape index (κ2) is 5.71. The monoisotopic (exact) mass is 310 g/mol. The van der Waals surface area contributed by atoms with Crippen molar-refractivity contribution in [1.82, 2.24) is 20.3 Å². The van der Waals surface area contributed by atoms with Gasteiger partial charge in [0.2, 0.25) is 0 Å². The Morgan fingerprint density at radius 2 is 2.33 bits per heavy atom. The molecular weight excluding hydrogens is 295 g/mol. The Bertz CT molecular complexity index is 621. The van der Waals surface area contributed by atoms with Crippen molar-refractivity contribution >= 4 is 11.6 Å². The summed E-state index contributed by atoms with van der Waals surface area (Å²) in [5.41, 5.74) is 0.381. The summed E-state index contributed by atoms with van der Waals surface area (Å²) in [5.74, 6) is -0.419. The largest absolute Gasteiger partial charge is 0.382 e.